The van der Waals surface area contributed by atoms with Crippen LogP contribution >= 0.6 is 0 Å². The van der Waals surface area contributed by atoms with Crippen LogP contribution in [0.2, 0.25) is 0 Å². The SMILES string of the molecule is c1cc2c(n1)ncc1co[nH]c12. The quantitative estimate of drug-likeness (QED) is 0.543. The molecule has 0 spiro atoms. The van der Waals surface area contributed by atoms with Gasteiger partial charge in [-0.2, -0.15) is 0 Å². The van der Waals surface area contributed by atoms with Crippen molar-refractivity contribution in [1.29, 1.82) is 0 Å². The predicted octanol–water partition coefficient (Wildman–Crippen LogP) is 1.70. The maximum Gasteiger partial charge on any atom is 0.161 e. The topological polar surface area (TPSA) is 54.7 Å². The lowest BCUT2D eigenvalue weighted by Gasteiger charge is -1.87. The van der Waals surface area contributed by atoms with Crippen LogP contribution in [-0.4, -0.2) is 15.1 Å². The molecule has 4 nitrogen and oxygen atoms in total. The predicted molar refractivity (Wildman–Crippen MR) is 43.7 cm³/mol. The summed E-state index contributed by atoms with van der Waals surface area (Å²) in [6, 6.07) is 1.91. The Hall–Kier alpha value is -1.84. The van der Waals surface area contributed by atoms with Gasteiger partial charge in [-0.1, -0.05) is 0 Å². The second-order valence-electron chi connectivity index (χ2n) is 2.61. The standard InChI is InChI=1S/C8H5N3O/c1-2-9-8-6(1)7-5(3-10-8)4-12-11-7/h1-4,11H. The number of pyridine rings is 1. The molecule has 0 fully saturated rings. The van der Waals surface area contributed by atoms with E-state index in [1.165, 1.54) is 0 Å². The van der Waals surface area contributed by atoms with Crippen LogP contribution < -0.4 is 0 Å². The molecule has 3 aromatic rings. The van der Waals surface area contributed by atoms with Gasteiger partial charge in [-0.15, -0.1) is 0 Å². The van der Waals surface area contributed by atoms with Crippen molar-refractivity contribution in [3.05, 3.63) is 24.7 Å². The van der Waals surface area contributed by atoms with E-state index in [0.29, 0.717) is 0 Å². The Morgan fingerprint density at radius 3 is 3.33 bits per heavy atom. The van der Waals surface area contributed by atoms with Gasteiger partial charge in [-0.25, -0.2) is 15.1 Å². The van der Waals surface area contributed by atoms with Crippen molar-refractivity contribution in [1.82, 2.24) is 15.1 Å². The third kappa shape index (κ3) is 0.567. The summed E-state index contributed by atoms with van der Waals surface area (Å²) in [5.74, 6) is 0. The minimum atomic E-state index is 0.750. The van der Waals surface area contributed by atoms with E-state index >= 15 is 0 Å². The number of fused-ring (bicyclic) bond motifs is 3. The van der Waals surface area contributed by atoms with Gasteiger partial charge in [0.15, 0.2) is 5.65 Å². The highest BCUT2D eigenvalue weighted by Crippen LogP contribution is 2.20. The summed E-state index contributed by atoms with van der Waals surface area (Å²) >= 11 is 0. The molecule has 3 rings (SSSR count). The monoisotopic (exact) mass is 159 g/mol. The highest BCUT2D eigenvalue weighted by molar-refractivity contribution is 6.01. The summed E-state index contributed by atoms with van der Waals surface area (Å²) in [7, 11) is 0. The van der Waals surface area contributed by atoms with Crippen molar-refractivity contribution in [2.45, 2.75) is 0 Å². The van der Waals surface area contributed by atoms with Crippen LogP contribution in [0.25, 0.3) is 21.9 Å². The Morgan fingerprint density at radius 1 is 1.33 bits per heavy atom. The van der Waals surface area contributed by atoms with E-state index in [0.717, 1.165) is 21.9 Å². The van der Waals surface area contributed by atoms with Crippen LogP contribution in [-0.2, 0) is 0 Å². The Labute approximate surface area is 67.2 Å². The average Bonchev–Trinajstić information content (AvgIpc) is 2.71. The normalized spacial score (nSPS) is 11.3. The van der Waals surface area contributed by atoms with Gasteiger partial charge >= 0.3 is 0 Å². The molecule has 58 valence electrons. The largest absolute Gasteiger partial charge is 0.389 e. The second kappa shape index (κ2) is 1.85. The zero-order valence-corrected chi connectivity index (χ0v) is 6.11. The molecule has 3 aromatic heterocycles. The van der Waals surface area contributed by atoms with Gasteiger partial charge in [-0.05, 0) is 6.07 Å². The van der Waals surface area contributed by atoms with Crippen LogP contribution in [0.15, 0.2) is 29.2 Å². The number of rotatable bonds is 0. The summed E-state index contributed by atoms with van der Waals surface area (Å²) < 4.78 is 4.95. The fourth-order valence-corrected chi connectivity index (χ4v) is 1.33. The van der Waals surface area contributed by atoms with Gasteiger partial charge in [0.05, 0.1) is 10.9 Å². The van der Waals surface area contributed by atoms with Crippen molar-refractivity contribution in [3.8, 4) is 0 Å². The smallest absolute Gasteiger partial charge is 0.161 e. The molecule has 0 aliphatic rings. The van der Waals surface area contributed by atoms with E-state index in [-0.39, 0.29) is 0 Å². The maximum absolute atomic E-state index is 4.95. The summed E-state index contributed by atoms with van der Waals surface area (Å²) in [5, 5.41) is 4.76. The van der Waals surface area contributed by atoms with Gasteiger partial charge in [0.25, 0.3) is 0 Å². The van der Waals surface area contributed by atoms with Crippen molar-refractivity contribution in [2.24, 2.45) is 0 Å². The average molecular weight is 159 g/mol. The molecule has 0 aliphatic heterocycles. The van der Waals surface area contributed by atoms with Crippen LogP contribution in [0.4, 0.5) is 0 Å². The number of H-pyrrole nitrogens is 1. The van der Waals surface area contributed by atoms with Crippen molar-refractivity contribution < 1.29 is 4.52 Å². The summed E-state index contributed by atoms with van der Waals surface area (Å²) in [5.41, 5.74) is 1.71. The van der Waals surface area contributed by atoms with Crippen LogP contribution in [0.1, 0.15) is 0 Å². The molecular formula is C8H5N3O. The Kier molecular flexibility index (Phi) is 0.889. The molecule has 0 saturated carbocycles. The molecule has 0 bridgehead atoms. The minimum Gasteiger partial charge on any atom is -0.389 e. The fraction of sp³-hybridized carbons (Fsp3) is 0. The number of hydrogen-bond donors (Lipinski definition) is 1. The van der Waals surface area contributed by atoms with Gasteiger partial charge in [0.1, 0.15) is 6.26 Å². The lowest BCUT2D eigenvalue weighted by atomic mass is 10.2. The zero-order chi connectivity index (χ0) is 7.97. The third-order valence-electron chi connectivity index (χ3n) is 1.91. The van der Waals surface area contributed by atoms with Crippen LogP contribution in [0.5, 0.6) is 0 Å². The van der Waals surface area contributed by atoms with Crippen molar-refractivity contribution in [3.63, 3.8) is 0 Å². The molecule has 0 radical (unpaired) electrons. The highest BCUT2D eigenvalue weighted by atomic mass is 16.5. The zero-order valence-electron chi connectivity index (χ0n) is 6.11. The lowest BCUT2D eigenvalue weighted by Crippen LogP contribution is -1.75. The maximum atomic E-state index is 4.95. The molecule has 3 heterocycles. The fourth-order valence-electron chi connectivity index (χ4n) is 1.33. The number of aromatic nitrogens is 3. The first-order valence-corrected chi connectivity index (χ1v) is 3.60. The molecular weight excluding hydrogens is 154 g/mol. The number of aromatic amines is 1. The first kappa shape index (κ1) is 5.77. The van der Waals surface area contributed by atoms with E-state index in [1.54, 1.807) is 18.7 Å². The van der Waals surface area contributed by atoms with E-state index in [1.807, 2.05) is 6.07 Å². The molecule has 0 saturated heterocycles. The second-order valence-corrected chi connectivity index (χ2v) is 2.61. The third-order valence-corrected chi connectivity index (χ3v) is 1.91. The van der Waals surface area contributed by atoms with Gasteiger partial charge in [0.2, 0.25) is 0 Å². The van der Waals surface area contributed by atoms with Crippen molar-refractivity contribution in [2.75, 3.05) is 0 Å². The molecule has 0 aromatic carbocycles. The minimum absolute atomic E-state index is 0.750. The molecule has 12 heavy (non-hydrogen) atoms. The molecule has 0 amide bonds. The Balaban J connectivity index is 2.71. The summed E-state index contributed by atoms with van der Waals surface area (Å²) in [6.45, 7) is 0. The van der Waals surface area contributed by atoms with E-state index in [9.17, 15) is 0 Å². The first-order chi connectivity index (χ1) is 5.95. The van der Waals surface area contributed by atoms with E-state index in [4.69, 9.17) is 4.52 Å². The van der Waals surface area contributed by atoms with Crippen LogP contribution in [0, 0.1) is 0 Å². The van der Waals surface area contributed by atoms with E-state index in [2.05, 4.69) is 15.1 Å². The first-order valence-electron chi connectivity index (χ1n) is 3.60. The van der Waals surface area contributed by atoms with Gasteiger partial charge in [0, 0.05) is 17.8 Å². The van der Waals surface area contributed by atoms with E-state index < -0.39 is 0 Å². The lowest BCUT2D eigenvalue weighted by molar-refractivity contribution is 0.428. The Bertz CT molecular complexity index is 487. The van der Waals surface area contributed by atoms with Gasteiger partial charge < -0.3 is 4.52 Å². The molecule has 4 heteroatoms. The van der Waals surface area contributed by atoms with Crippen molar-refractivity contribution >= 4 is 21.9 Å². The number of hydrogen-bond acceptors (Lipinski definition) is 3. The molecule has 0 unspecified atom stereocenters. The van der Waals surface area contributed by atoms with Gasteiger partial charge in [-0.3, -0.25) is 0 Å². The molecule has 1 N–H and O–H groups in total. The van der Waals surface area contributed by atoms with Crippen LogP contribution in [0.3, 0.4) is 0 Å². The Morgan fingerprint density at radius 2 is 2.33 bits per heavy atom. The number of nitrogens with one attached hydrogen (secondary N) is 1. The summed E-state index contributed by atoms with van der Waals surface area (Å²) in [6.07, 6.45) is 5.11. The highest BCUT2D eigenvalue weighted by Gasteiger charge is 2.03. The summed E-state index contributed by atoms with van der Waals surface area (Å²) in [4.78, 5) is 8.23. The molecule has 0 atom stereocenters. The molecule has 0 aliphatic carbocycles. The number of nitrogens with zero attached hydrogens (tertiary/aromatic N) is 2.